The molecule has 1 atom stereocenters. The van der Waals surface area contributed by atoms with Gasteiger partial charge in [0.1, 0.15) is 0 Å². The number of allylic oxidation sites excluding steroid dienone is 1. The summed E-state index contributed by atoms with van der Waals surface area (Å²) in [5.41, 5.74) is 0.943. The Morgan fingerprint density at radius 1 is 1.67 bits per heavy atom. The second kappa shape index (κ2) is 5.14. The van der Waals surface area contributed by atoms with Crippen molar-refractivity contribution in [3.8, 4) is 0 Å². The highest BCUT2D eigenvalue weighted by molar-refractivity contribution is 7.91. The number of hydrogen-bond donors (Lipinski definition) is 1. The maximum absolute atomic E-state index is 11.4. The number of aromatic nitrogens is 2. The van der Waals surface area contributed by atoms with E-state index in [2.05, 4.69) is 16.9 Å². The molecule has 0 aromatic carbocycles. The van der Waals surface area contributed by atoms with E-state index < -0.39 is 9.84 Å². The maximum atomic E-state index is 11.4. The van der Waals surface area contributed by atoms with Crippen molar-refractivity contribution < 1.29 is 8.42 Å². The van der Waals surface area contributed by atoms with Gasteiger partial charge in [-0.3, -0.25) is 0 Å². The SMILES string of the molecule is C=CCn1cc(C)nc1NCC1CCS(=O)(=O)C1. The van der Waals surface area contributed by atoms with E-state index in [-0.39, 0.29) is 5.92 Å². The smallest absolute Gasteiger partial charge is 0.203 e. The fraction of sp³-hybridized carbons (Fsp3) is 0.583. The molecule has 0 aliphatic carbocycles. The molecular formula is C12H19N3O2S. The van der Waals surface area contributed by atoms with E-state index in [1.165, 1.54) is 0 Å². The number of imidazole rings is 1. The highest BCUT2D eigenvalue weighted by Crippen LogP contribution is 2.19. The predicted molar refractivity (Wildman–Crippen MR) is 72.4 cm³/mol. The van der Waals surface area contributed by atoms with Gasteiger partial charge in [-0.2, -0.15) is 0 Å². The van der Waals surface area contributed by atoms with Crippen molar-refractivity contribution in [2.24, 2.45) is 5.92 Å². The summed E-state index contributed by atoms with van der Waals surface area (Å²) in [7, 11) is -2.80. The Balaban J connectivity index is 1.96. The maximum Gasteiger partial charge on any atom is 0.203 e. The van der Waals surface area contributed by atoms with Gasteiger partial charge in [-0.25, -0.2) is 13.4 Å². The highest BCUT2D eigenvalue weighted by atomic mass is 32.2. The Labute approximate surface area is 108 Å². The molecule has 1 aromatic heterocycles. The zero-order valence-electron chi connectivity index (χ0n) is 10.6. The van der Waals surface area contributed by atoms with Crippen LogP contribution in [0.25, 0.3) is 0 Å². The molecule has 6 heteroatoms. The Hall–Kier alpha value is -1.30. The van der Waals surface area contributed by atoms with Crippen LogP contribution in [0.5, 0.6) is 0 Å². The first-order valence-corrected chi connectivity index (χ1v) is 7.91. The summed E-state index contributed by atoms with van der Waals surface area (Å²) in [4.78, 5) is 4.38. The molecule has 1 unspecified atom stereocenters. The number of rotatable bonds is 5. The fourth-order valence-corrected chi connectivity index (χ4v) is 4.10. The molecular weight excluding hydrogens is 250 g/mol. The van der Waals surface area contributed by atoms with Gasteiger partial charge in [-0.1, -0.05) is 6.08 Å². The van der Waals surface area contributed by atoms with Crippen molar-refractivity contribution >= 4 is 15.8 Å². The molecule has 1 aromatic rings. The van der Waals surface area contributed by atoms with Gasteiger partial charge in [-0.15, -0.1) is 6.58 Å². The van der Waals surface area contributed by atoms with Crippen molar-refractivity contribution in [1.82, 2.24) is 9.55 Å². The van der Waals surface area contributed by atoms with Crippen molar-refractivity contribution in [2.75, 3.05) is 23.4 Å². The van der Waals surface area contributed by atoms with Gasteiger partial charge >= 0.3 is 0 Å². The van der Waals surface area contributed by atoms with E-state index in [9.17, 15) is 8.42 Å². The number of anilines is 1. The summed E-state index contributed by atoms with van der Waals surface area (Å²) in [5.74, 6) is 1.60. The topological polar surface area (TPSA) is 64.0 Å². The molecule has 1 aliphatic rings. The van der Waals surface area contributed by atoms with Crippen LogP contribution in [-0.4, -0.2) is 36.0 Å². The normalized spacial score (nSPS) is 21.9. The molecule has 2 heterocycles. The standard InChI is InChI=1S/C12H19N3O2S/c1-3-5-15-8-10(2)14-12(15)13-7-11-4-6-18(16,17)9-11/h3,8,11H,1,4-7,9H2,2H3,(H,13,14). The second-order valence-corrected chi connectivity index (χ2v) is 7.03. The van der Waals surface area contributed by atoms with Gasteiger partial charge < -0.3 is 9.88 Å². The third-order valence-corrected chi connectivity index (χ3v) is 4.94. The monoisotopic (exact) mass is 269 g/mol. The van der Waals surface area contributed by atoms with Crippen LogP contribution in [0.1, 0.15) is 12.1 Å². The van der Waals surface area contributed by atoms with Crippen LogP contribution in [-0.2, 0) is 16.4 Å². The summed E-state index contributed by atoms with van der Waals surface area (Å²) in [6, 6.07) is 0. The van der Waals surface area contributed by atoms with Gasteiger partial charge in [-0.05, 0) is 19.3 Å². The Kier molecular flexibility index (Phi) is 3.75. The fourth-order valence-electron chi connectivity index (χ4n) is 2.23. The number of sulfone groups is 1. The zero-order valence-corrected chi connectivity index (χ0v) is 11.4. The van der Waals surface area contributed by atoms with Crippen LogP contribution in [0.4, 0.5) is 5.95 Å². The molecule has 0 spiro atoms. The second-order valence-electron chi connectivity index (χ2n) is 4.80. The summed E-state index contributed by atoms with van der Waals surface area (Å²) in [6.45, 7) is 7.00. The Bertz CT molecular complexity index is 534. The van der Waals surface area contributed by atoms with E-state index in [0.29, 0.717) is 24.6 Å². The third-order valence-electron chi connectivity index (χ3n) is 3.10. The van der Waals surface area contributed by atoms with Crippen molar-refractivity contribution in [3.05, 3.63) is 24.5 Å². The molecule has 1 fully saturated rings. The van der Waals surface area contributed by atoms with Crippen LogP contribution >= 0.6 is 0 Å². The Morgan fingerprint density at radius 3 is 3.06 bits per heavy atom. The van der Waals surface area contributed by atoms with Crippen LogP contribution in [0.3, 0.4) is 0 Å². The van der Waals surface area contributed by atoms with Gasteiger partial charge in [0.25, 0.3) is 0 Å². The first kappa shape index (κ1) is 13.1. The average Bonchev–Trinajstić information content (AvgIpc) is 2.80. The number of aryl methyl sites for hydroxylation is 1. The van der Waals surface area contributed by atoms with E-state index in [1.807, 2.05) is 23.8 Å². The first-order chi connectivity index (χ1) is 8.50. The number of hydrogen-bond acceptors (Lipinski definition) is 4. The lowest BCUT2D eigenvalue weighted by Gasteiger charge is -2.11. The number of nitrogens with one attached hydrogen (secondary N) is 1. The third kappa shape index (κ3) is 3.13. The predicted octanol–water partition coefficient (Wildman–Crippen LogP) is 1.22. The van der Waals surface area contributed by atoms with E-state index >= 15 is 0 Å². The lowest BCUT2D eigenvalue weighted by atomic mass is 10.1. The van der Waals surface area contributed by atoms with Crippen LogP contribution in [0.2, 0.25) is 0 Å². The summed E-state index contributed by atoms with van der Waals surface area (Å²) in [6.07, 6.45) is 4.51. The minimum Gasteiger partial charge on any atom is -0.355 e. The van der Waals surface area contributed by atoms with Crippen molar-refractivity contribution in [2.45, 2.75) is 19.9 Å². The first-order valence-electron chi connectivity index (χ1n) is 6.09. The largest absolute Gasteiger partial charge is 0.355 e. The molecule has 0 bridgehead atoms. The van der Waals surface area contributed by atoms with Gasteiger partial charge in [0.15, 0.2) is 9.84 Å². The minimum absolute atomic E-state index is 0.198. The molecule has 0 radical (unpaired) electrons. The molecule has 0 amide bonds. The molecule has 5 nitrogen and oxygen atoms in total. The van der Waals surface area contributed by atoms with Crippen molar-refractivity contribution in [3.63, 3.8) is 0 Å². The van der Waals surface area contributed by atoms with Crippen LogP contribution in [0.15, 0.2) is 18.9 Å². The molecule has 1 saturated heterocycles. The minimum atomic E-state index is -2.80. The van der Waals surface area contributed by atoms with Crippen molar-refractivity contribution in [1.29, 1.82) is 0 Å². The molecule has 2 rings (SSSR count). The molecule has 18 heavy (non-hydrogen) atoms. The molecule has 1 N–H and O–H groups in total. The van der Waals surface area contributed by atoms with E-state index in [1.54, 1.807) is 0 Å². The lowest BCUT2D eigenvalue weighted by molar-refractivity contribution is 0.595. The van der Waals surface area contributed by atoms with Gasteiger partial charge in [0.05, 0.1) is 17.2 Å². The van der Waals surface area contributed by atoms with E-state index in [4.69, 9.17) is 0 Å². The summed E-state index contributed by atoms with van der Waals surface area (Å²) in [5, 5.41) is 3.24. The van der Waals surface area contributed by atoms with Gasteiger partial charge in [0, 0.05) is 19.3 Å². The van der Waals surface area contributed by atoms with E-state index in [0.717, 1.165) is 18.1 Å². The van der Waals surface area contributed by atoms with Crippen LogP contribution in [0, 0.1) is 12.8 Å². The number of nitrogens with zero attached hydrogens (tertiary/aromatic N) is 2. The quantitative estimate of drug-likeness (QED) is 0.816. The van der Waals surface area contributed by atoms with Gasteiger partial charge in [0.2, 0.25) is 5.95 Å². The average molecular weight is 269 g/mol. The van der Waals surface area contributed by atoms with Crippen LogP contribution < -0.4 is 5.32 Å². The molecule has 0 saturated carbocycles. The highest BCUT2D eigenvalue weighted by Gasteiger charge is 2.27. The molecule has 1 aliphatic heterocycles. The molecule has 100 valence electrons. The Morgan fingerprint density at radius 2 is 2.44 bits per heavy atom. The lowest BCUT2D eigenvalue weighted by Crippen LogP contribution is -2.17. The summed E-state index contributed by atoms with van der Waals surface area (Å²) >= 11 is 0. The zero-order chi connectivity index (χ0) is 13.2. The summed E-state index contributed by atoms with van der Waals surface area (Å²) < 4.78 is 24.7.